The summed E-state index contributed by atoms with van der Waals surface area (Å²) in [6.07, 6.45) is 0.394. The van der Waals surface area contributed by atoms with Gasteiger partial charge in [-0.1, -0.05) is 15.9 Å². The van der Waals surface area contributed by atoms with E-state index in [0.29, 0.717) is 6.42 Å². The molecule has 1 rings (SSSR count). The highest BCUT2D eigenvalue weighted by atomic mass is 79.9. The Morgan fingerprint density at radius 3 is 2.83 bits per heavy atom. The minimum Gasteiger partial charge on any atom is -0.399 e. The standard InChI is InChI=1S/C9H9BrN2/c1-6-4-8(10)7(2-3-11)5-9(6)12/h4-5H,2,12H2,1H3. The number of hydrogen-bond acceptors (Lipinski definition) is 2. The van der Waals surface area contributed by atoms with Crippen LogP contribution in [0.25, 0.3) is 0 Å². The zero-order valence-corrected chi connectivity index (χ0v) is 8.35. The molecule has 0 spiro atoms. The van der Waals surface area contributed by atoms with Gasteiger partial charge in [0.2, 0.25) is 0 Å². The summed E-state index contributed by atoms with van der Waals surface area (Å²) in [5.74, 6) is 0. The molecule has 12 heavy (non-hydrogen) atoms. The van der Waals surface area contributed by atoms with Gasteiger partial charge < -0.3 is 5.73 Å². The van der Waals surface area contributed by atoms with Crippen LogP contribution in [0.5, 0.6) is 0 Å². The van der Waals surface area contributed by atoms with Crippen LogP contribution < -0.4 is 5.73 Å². The third-order valence-corrected chi connectivity index (χ3v) is 2.44. The summed E-state index contributed by atoms with van der Waals surface area (Å²) in [4.78, 5) is 0. The molecule has 0 aliphatic carbocycles. The Kier molecular flexibility index (Phi) is 2.72. The third-order valence-electron chi connectivity index (χ3n) is 1.70. The molecule has 1 aromatic carbocycles. The predicted octanol–water partition coefficient (Wildman–Crippen LogP) is 2.41. The SMILES string of the molecule is Cc1cc(Br)c(CC#N)cc1N. The zero-order chi connectivity index (χ0) is 9.14. The van der Waals surface area contributed by atoms with Crippen molar-refractivity contribution in [1.82, 2.24) is 0 Å². The minimum atomic E-state index is 0.394. The molecule has 0 aliphatic heterocycles. The average Bonchev–Trinajstić information content (AvgIpc) is 2.01. The first kappa shape index (κ1) is 9.08. The number of rotatable bonds is 1. The topological polar surface area (TPSA) is 49.8 Å². The molecule has 0 unspecified atom stereocenters. The Morgan fingerprint density at radius 1 is 1.58 bits per heavy atom. The summed E-state index contributed by atoms with van der Waals surface area (Å²) in [7, 11) is 0. The monoisotopic (exact) mass is 224 g/mol. The van der Waals surface area contributed by atoms with Crippen molar-refractivity contribution in [1.29, 1.82) is 5.26 Å². The molecular formula is C9H9BrN2. The average molecular weight is 225 g/mol. The number of nitrogens with two attached hydrogens (primary N) is 1. The fourth-order valence-corrected chi connectivity index (χ4v) is 1.56. The second-order valence-corrected chi connectivity index (χ2v) is 3.49. The lowest BCUT2D eigenvalue weighted by molar-refractivity contribution is 1.23. The molecule has 0 amide bonds. The van der Waals surface area contributed by atoms with E-state index in [9.17, 15) is 0 Å². The van der Waals surface area contributed by atoms with Crippen molar-refractivity contribution >= 4 is 21.6 Å². The molecule has 0 saturated carbocycles. The van der Waals surface area contributed by atoms with Crippen molar-refractivity contribution < 1.29 is 0 Å². The summed E-state index contributed by atoms with van der Waals surface area (Å²) in [5, 5.41) is 8.49. The van der Waals surface area contributed by atoms with Gasteiger partial charge in [-0.25, -0.2) is 0 Å². The first-order valence-electron chi connectivity index (χ1n) is 3.56. The molecule has 0 aromatic heterocycles. The molecule has 2 nitrogen and oxygen atoms in total. The van der Waals surface area contributed by atoms with Crippen molar-refractivity contribution in [2.75, 3.05) is 5.73 Å². The number of nitrogen functional groups attached to an aromatic ring is 1. The number of anilines is 1. The molecule has 62 valence electrons. The molecule has 0 radical (unpaired) electrons. The molecule has 2 N–H and O–H groups in total. The van der Waals surface area contributed by atoms with E-state index in [1.165, 1.54) is 0 Å². The molecule has 0 atom stereocenters. The first-order chi connectivity index (χ1) is 5.65. The highest BCUT2D eigenvalue weighted by Crippen LogP contribution is 2.23. The Morgan fingerprint density at radius 2 is 2.25 bits per heavy atom. The lowest BCUT2D eigenvalue weighted by atomic mass is 10.1. The number of nitrogens with zero attached hydrogens (tertiary/aromatic N) is 1. The first-order valence-corrected chi connectivity index (χ1v) is 4.36. The normalized spacial score (nSPS) is 9.42. The molecule has 0 heterocycles. The van der Waals surface area contributed by atoms with Gasteiger partial charge in [0.15, 0.2) is 0 Å². The largest absolute Gasteiger partial charge is 0.399 e. The van der Waals surface area contributed by atoms with Gasteiger partial charge in [-0.15, -0.1) is 0 Å². The highest BCUT2D eigenvalue weighted by molar-refractivity contribution is 9.10. The van der Waals surface area contributed by atoms with Crippen LogP contribution in [0.4, 0.5) is 5.69 Å². The highest BCUT2D eigenvalue weighted by Gasteiger charge is 2.02. The maximum atomic E-state index is 8.49. The fourth-order valence-electron chi connectivity index (χ4n) is 0.957. The number of benzene rings is 1. The Hall–Kier alpha value is -1.01. The van der Waals surface area contributed by atoms with Crippen LogP contribution in [0.15, 0.2) is 16.6 Å². The quantitative estimate of drug-likeness (QED) is 0.746. The number of nitriles is 1. The van der Waals surface area contributed by atoms with Crippen molar-refractivity contribution in [3.63, 3.8) is 0 Å². The van der Waals surface area contributed by atoms with Gasteiger partial charge in [0.1, 0.15) is 0 Å². The molecule has 0 aliphatic rings. The van der Waals surface area contributed by atoms with E-state index in [1.54, 1.807) is 0 Å². The Bertz CT molecular complexity index is 339. The number of halogens is 1. The molecule has 0 bridgehead atoms. The van der Waals surface area contributed by atoms with Crippen LogP contribution in [-0.2, 0) is 6.42 Å². The van der Waals surface area contributed by atoms with Crippen molar-refractivity contribution in [3.8, 4) is 6.07 Å². The lowest BCUT2D eigenvalue weighted by Gasteiger charge is -2.04. The van der Waals surface area contributed by atoms with Crippen LogP contribution >= 0.6 is 15.9 Å². The second-order valence-electron chi connectivity index (χ2n) is 2.64. The van der Waals surface area contributed by atoms with Gasteiger partial charge >= 0.3 is 0 Å². The summed E-state index contributed by atoms with van der Waals surface area (Å²) in [6.45, 7) is 1.94. The zero-order valence-electron chi connectivity index (χ0n) is 6.76. The van der Waals surface area contributed by atoms with Crippen LogP contribution in [0.3, 0.4) is 0 Å². The molecule has 3 heteroatoms. The van der Waals surface area contributed by atoms with Crippen LogP contribution in [0.1, 0.15) is 11.1 Å². The van der Waals surface area contributed by atoms with E-state index >= 15 is 0 Å². The summed E-state index contributed by atoms with van der Waals surface area (Å²) in [5.41, 5.74) is 8.40. The van der Waals surface area contributed by atoms with Gasteiger partial charge in [0, 0.05) is 10.2 Å². The maximum absolute atomic E-state index is 8.49. The van der Waals surface area contributed by atoms with Gasteiger partial charge in [-0.2, -0.15) is 5.26 Å². The minimum absolute atomic E-state index is 0.394. The van der Waals surface area contributed by atoms with Gasteiger partial charge in [0.25, 0.3) is 0 Å². The third kappa shape index (κ3) is 1.77. The summed E-state index contributed by atoms with van der Waals surface area (Å²) in [6, 6.07) is 5.85. The van der Waals surface area contributed by atoms with Gasteiger partial charge in [-0.3, -0.25) is 0 Å². The number of aryl methyl sites for hydroxylation is 1. The Labute approximate surface area is 80.1 Å². The maximum Gasteiger partial charge on any atom is 0.0670 e. The van der Waals surface area contributed by atoms with E-state index in [0.717, 1.165) is 21.3 Å². The second kappa shape index (κ2) is 3.59. The number of hydrogen-bond donors (Lipinski definition) is 1. The summed E-state index contributed by atoms with van der Waals surface area (Å²) >= 11 is 3.38. The van der Waals surface area contributed by atoms with Crippen molar-refractivity contribution in [3.05, 3.63) is 27.7 Å². The van der Waals surface area contributed by atoms with Crippen LogP contribution in [0.2, 0.25) is 0 Å². The molecule has 0 saturated heterocycles. The fraction of sp³-hybridized carbons (Fsp3) is 0.222. The molecule has 0 fully saturated rings. The van der Waals surface area contributed by atoms with E-state index < -0.39 is 0 Å². The Balaban J connectivity index is 3.16. The van der Waals surface area contributed by atoms with Crippen LogP contribution in [-0.4, -0.2) is 0 Å². The lowest BCUT2D eigenvalue weighted by Crippen LogP contribution is -1.93. The van der Waals surface area contributed by atoms with Crippen LogP contribution in [0, 0.1) is 18.3 Å². The van der Waals surface area contributed by atoms with E-state index in [2.05, 4.69) is 22.0 Å². The van der Waals surface area contributed by atoms with E-state index in [1.807, 2.05) is 19.1 Å². The van der Waals surface area contributed by atoms with E-state index in [-0.39, 0.29) is 0 Å². The van der Waals surface area contributed by atoms with Gasteiger partial charge in [-0.05, 0) is 30.2 Å². The summed E-state index contributed by atoms with van der Waals surface area (Å²) < 4.78 is 0.954. The predicted molar refractivity (Wildman–Crippen MR) is 52.6 cm³/mol. The van der Waals surface area contributed by atoms with Gasteiger partial charge in [0.05, 0.1) is 12.5 Å². The molecular weight excluding hydrogens is 216 g/mol. The van der Waals surface area contributed by atoms with E-state index in [4.69, 9.17) is 11.0 Å². The smallest absolute Gasteiger partial charge is 0.0670 e. The van der Waals surface area contributed by atoms with Crippen molar-refractivity contribution in [2.24, 2.45) is 0 Å². The molecule has 1 aromatic rings. The van der Waals surface area contributed by atoms with Crippen molar-refractivity contribution in [2.45, 2.75) is 13.3 Å².